The fraction of sp³-hybridized carbons (Fsp3) is 0.0526. The van der Waals surface area contributed by atoms with E-state index >= 15 is 0 Å². The van der Waals surface area contributed by atoms with Gasteiger partial charge in [0.1, 0.15) is 0 Å². The lowest BCUT2D eigenvalue weighted by molar-refractivity contribution is 0.102. The Bertz CT molecular complexity index is 830. The molecule has 3 heteroatoms. The van der Waals surface area contributed by atoms with Gasteiger partial charge in [-0.3, -0.25) is 9.78 Å². The van der Waals surface area contributed by atoms with Crippen molar-refractivity contribution < 1.29 is 4.79 Å². The van der Waals surface area contributed by atoms with Gasteiger partial charge in [0, 0.05) is 17.1 Å². The van der Waals surface area contributed by atoms with Gasteiger partial charge in [-0.05, 0) is 36.8 Å². The molecule has 0 radical (unpaired) electrons. The molecule has 0 spiro atoms. The zero-order valence-electron chi connectivity index (χ0n) is 12.3. The molecule has 0 aliphatic heterocycles. The third kappa shape index (κ3) is 2.88. The number of fused-ring (bicyclic) bond motifs is 1. The van der Waals surface area contributed by atoms with Crippen LogP contribution in [0, 0.1) is 0 Å². The van der Waals surface area contributed by atoms with Crippen molar-refractivity contribution in [1.82, 2.24) is 4.98 Å². The molecule has 1 heterocycles. The summed E-state index contributed by atoms with van der Waals surface area (Å²) in [6.45, 7) is 1.97. The van der Waals surface area contributed by atoms with Crippen LogP contribution in [0.15, 0.2) is 66.9 Å². The van der Waals surface area contributed by atoms with E-state index in [9.17, 15) is 4.79 Å². The zero-order chi connectivity index (χ0) is 15.4. The number of hydrogen-bond acceptors (Lipinski definition) is 2. The van der Waals surface area contributed by atoms with E-state index in [4.69, 9.17) is 0 Å². The molecule has 0 unspecified atom stereocenters. The van der Waals surface area contributed by atoms with Gasteiger partial charge in [-0.2, -0.15) is 0 Å². The first-order valence-corrected chi connectivity index (χ1v) is 7.16. The SMILES string of the molecule is C/C=C/c1ccc(C(=O)Nc2cccc3cccnc23)cc1. The highest BCUT2D eigenvalue weighted by molar-refractivity contribution is 6.08. The van der Waals surface area contributed by atoms with Crippen molar-refractivity contribution in [3.8, 4) is 0 Å². The lowest BCUT2D eigenvalue weighted by Crippen LogP contribution is -2.12. The second kappa shape index (κ2) is 6.22. The van der Waals surface area contributed by atoms with Gasteiger partial charge in [-0.15, -0.1) is 0 Å². The van der Waals surface area contributed by atoms with Crippen molar-refractivity contribution >= 4 is 28.6 Å². The van der Waals surface area contributed by atoms with Gasteiger partial charge in [0.25, 0.3) is 5.91 Å². The van der Waals surface area contributed by atoms with Crippen LogP contribution >= 0.6 is 0 Å². The molecule has 3 nitrogen and oxygen atoms in total. The van der Waals surface area contributed by atoms with Crippen LogP contribution in [0.1, 0.15) is 22.8 Å². The molecule has 108 valence electrons. The highest BCUT2D eigenvalue weighted by atomic mass is 16.1. The number of carbonyl (C=O) groups excluding carboxylic acids is 1. The fourth-order valence-corrected chi connectivity index (χ4v) is 2.34. The Morgan fingerprint density at radius 1 is 1.05 bits per heavy atom. The van der Waals surface area contributed by atoms with Gasteiger partial charge in [0.05, 0.1) is 11.2 Å². The molecule has 1 amide bonds. The fourth-order valence-electron chi connectivity index (χ4n) is 2.34. The average molecular weight is 288 g/mol. The summed E-state index contributed by atoms with van der Waals surface area (Å²) >= 11 is 0. The molecule has 0 saturated heterocycles. The normalized spacial score (nSPS) is 11.0. The minimum absolute atomic E-state index is 0.134. The number of benzene rings is 2. The van der Waals surface area contributed by atoms with Gasteiger partial charge in [-0.1, -0.05) is 42.5 Å². The van der Waals surface area contributed by atoms with Crippen LogP contribution in [0.4, 0.5) is 5.69 Å². The van der Waals surface area contributed by atoms with E-state index in [2.05, 4.69) is 10.3 Å². The monoisotopic (exact) mass is 288 g/mol. The van der Waals surface area contributed by atoms with Crippen LogP contribution in [-0.2, 0) is 0 Å². The molecule has 0 aliphatic rings. The third-order valence-electron chi connectivity index (χ3n) is 3.41. The van der Waals surface area contributed by atoms with Crippen molar-refractivity contribution in [2.45, 2.75) is 6.92 Å². The Morgan fingerprint density at radius 3 is 2.59 bits per heavy atom. The maximum Gasteiger partial charge on any atom is 0.255 e. The van der Waals surface area contributed by atoms with Crippen LogP contribution < -0.4 is 5.32 Å². The number of pyridine rings is 1. The van der Waals surface area contributed by atoms with Gasteiger partial charge >= 0.3 is 0 Å². The number of amides is 1. The molecule has 1 N–H and O–H groups in total. The smallest absolute Gasteiger partial charge is 0.255 e. The summed E-state index contributed by atoms with van der Waals surface area (Å²) in [5.74, 6) is -0.134. The Morgan fingerprint density at radius 2 is 1.82 bits per heavy atom. The summed E-state index contributed by atoms with van der Waals surface area (Å²) in [4.78, 5) is 16.7. The first kappa shape index (κ1) is 14.0. The molecular formula is C19H16N2O. The van der Waals surface area contributed by atoms with Crippen molar-refractivity contribution in [2.75, 3.05) is 5.32 Å². The number of carbonyl (C=O) groups is 1. The summed E-state index contributed by atoms with van der Waals surface area (Å²) in [6, 6.07) is 17.1. The van der Waals surface area contributed by atoms with Gasteiger partial charge in [-0.25, -0.2) is 0 Å². The number of allylic oxidation sites excluding steroid dienone is 1. The van der Waals surface area contributed by atoms with E-state index in [1.807, 2.05) is 73.7 Å². The largest absolute Gasteiger partial charge is 0.320 e. The average Bonchev–Trinajstić information content (AvgIpc) is 2.56. The minimum Gasteiger partial charge on any atom is -0.320 e. The molecular weight excluding hydrogens is 272 g/mol. The molecule has 0 bridgehead atoms. The Labute approximate surface area is 129 Å². The first-order valence-electron chi connectivity index (χ1n) is 7.16. The molecule has 3 rings (SSSR count). The molecule has 0 fully saturated rings. The zero-order valence-corrected chi connectivity index (χ0v) is 12.3. The number of aromatic nitrogens is 1. The van der Waals surface area contributed by atoms with Crippen LogP contribution in [0.5, 0.6) is 0 Å². The Hall–Kier alpha value is -2.94. The van der Waals surface area contributed by atoms with E-state index in [1.165, 1.54) is 0 Å². The van der Waals surface area contributed by atoms with Gasteiger partial charge < -0.3 is 5.32 Å². The second-order valence-corrected chi connectivity index (χ2v) is 4.96. The van der Waals surface area contributed by atoms with Crippen molar-refractivity contribution in [3.63, 3.8) is 0 Å². The highest BCUT2D eigenvalue weighted by Crippen LogP contribution is 2.21. The highest BCUT2D eigenvalue weighted by Gasteiger charge is 2.08. The van der Waals surface area contributed by atoms with Gasteiger partial charge in [0.2, 0.25) is 0 Å². The number of nitrogens with one attached hydrogen (secondary N) is 1. The lowest BCUT2D eigenvalue weighted by Gasteiger charge is -2.08. The van der Waals surface area contributed by atoms with E-state index in [1.54, 1.807) is 6.20 Å². The van der Waals surface area contributed by atoms with E-state index in [-0.39, 0.29) is 5.91 Å². The van der Waals surface area contributed by atoms with Gasteiger partial charge in [0.15, 0.2) is 0 Å². The Balaban J connectivity index is 1.86. The second-order valence-electron chi connectivity index (χ2n) is 4.96. The number of rotatable bonds is 3. The van der Waals surface area contributed by atoms with Crippen molar-refractivity contribution in [3.05, 3.63) is 78.0 Å². The maximum absolute atomic E-state index is 12.4. The van der Waals surface area contributed by atoms with Crippen molar-refractivity contribution in [1.29, 1.82) is 0 Å². The van der Waals surface area contributed by atoms with E-state index in [0.717, 1.165) is 22.2 Å². The lowest BCUT2D eigenvalue weighted by atomic mass is 10.1. The number of anilines is 1. The van der Waals surface area contributed by atoms with E-state index < -0.39 is 0 Å². The van der Waals surface area contributed by atoms with Crippen LogP contribution in [0.25, 0.3) is 17.0 Å². The summed E-state index contributed by atoms with van der Waals surface area (Å²) in [5.41, 5.74) is 3.22. The van der Waals surface area contributed by atoms with Crippen molar-refractivity contribution in [2.24, 2.45) is 0 Å². The topological polar surface area (TPSA) is 42.0 Å². The molecule has 0 atom stereocenters. The quantitative estimate of drug-likeness (QED) is 0.770. The molecule has 22 heavy (non-hydrogen) atoms. The van der Waals surface area contributed by atoms with Crippen LogP contribution in [0.2, 0.25) is 0 Å². The summed E-state index contributed by atoms with van der Waals surface area (Å²) in [7, 11) is 0. The van der Waals surface area contributed by atoms with Crippen LogP contribution in [0.3, 0.4) is 0 Å². The Kier molecular flexibility index (Phi) is 3.97. The summed E-state index contributed by atoms with van der Waals surface area (Å²) in [6.07, 6.45) is 5.69. The molecule has 2 aromatic carbocycles. The number of para-hydroxylation sites is 1. The number of nitrogens with zero attached hydrogens (tertiary/aromatic N) is 1. The maximum atomic E-state index is 12.4. The molecule has 0 aliphatic carbocycles. The standard InChI is InChI=1S/C19H16N2O/c1-2-5-14-9-11-16(12-10-14)19(22)21-17-8-3-6-15-7-4-13-20-18(15)17/h2-13H,1H3,(H,21,22)/b5-2+. The minimum atomic E-state index is -0.134. The van der Waals surface area contributed by atoms with E-state index in [0.29, 0.717) is 5.56 Å². The first-order chi connectivity index (χ1) is 10.8. The third-order valence-corrected chi connectivity index (χ3v) is 3.41. The molecule has 1 aromatic heterocycles. The number of hydrogen-bond donors (Lipinski definition) is 1. The summed E-state index contributed by atoms with van der Waals surface area (Å²) < 4.78 is 0. The predicted octanol–water partition coefficient (Wildman–Crippen LogP) is 4.52. The van der Waals surface area contributed by atoms with Crippen LogP contribution in [-0.4, -0.2) is 10.9 Å². The summed E-state index contributed by atoms with van der Waals surface area (Å²) in [5, 5.41) is 3.94. The molecule has 3 aromatic rings. The predicted molar refractivity (Wildman–Crippen MR) is 90.8 cm³/mol. The molecule has 0 saturated carbocycles.